The number of benzene rings is 1. The van der Waals surface area contributed by atoms with E-state index < -0.39 is 144 Å². The van der Waals surface area contributed by atoms with E-state index in [1.807, 2.05) is 35.8 Å². The molecule has 7 rings (SSSR count). The van der Waals surface area contributed by atoms with Crippen molar-refractivity contribution in [1.29, 1.82) is 0 Å². The van der Waals surface area contributed by atoms with Crippen molar-refractivity contribution in [1.82, 2.24) is 16.1 Å². The lowest BCUT2D eigenvalue weighted by Crippen LogP contribution is -2.66. The Balaban J connectivity index is 1.13. The quantitative estimate of drug-likeness (QED) is 0.0201. The average molecular weight is 1380 g/mol. The number of nitrogens with one attached hydrogen (secondary N) is 3. The number of hydrogen-bond donors (Lipinski definition) is 9. The molecule has 1 amide bonds. The molecule has 4 fully saturated rings. The van der Waals surface area contributed by atoms with E-state index in [9.17, 15) is 45.0 Å². The Bertz CT molecular complexity index is 2770. The second-order valence-electron chi connectivity index (χ2n) is 20.3. The summed E-state index contributed by atoms with van der Waals surface area (Å²) in [6, 6.07) is -1.40. The van der Waals surface area contributed by atoms with Gasteiger partial charge in [-0.1, -0.05) is 64.1 Å². The van der Waals surface area contributed by atoms with E-state index in [-0.39, 0.29) is 59.6 Å². The van der Waals surface area contributed by atoms with Gasteiger partial charge in [0.1, 0.15) is 30.5 Å². The summed E-state index contributed by atoms with van der Waals surface area (Å²) in [5.74, 6) is 7.29. The molecule has 2 bridgehead atoms. The van der Waals surface area contributed by atoms with Gasteiger partial charge in [-0.25, -0.2) is 4.79 Å². The van der Waals surface area contributed by atoms with Crippen molar-refractivity contribution in [3.8, 4) is 40.9 Å². The summed E-state index contributed by atoms with van der Waals surface area (Å²) < 4.78 is 71.9. The third kappa shape index (κ3) is 15.8. The number of rotatable bonds is 22. The van der Waals surface area contributed by atoms with Crippen molar-refractivity contribution in [2.24, 2.45) is 0 Å². The number of Topliss-reactive ketones (excluding diaryl/α,β-unsaturated/α-hetero) is 1. The summed E-state index contributed by atoms with van der Waals surface area (Å²) in [4.78, 5) is 47.6. The van der Waals surface area contributed by atoms with Crippen LogP contribution in [-0.2, 0) is 52.3 Å². The van der Waals surface area contributed by atoms with E-state index in [2.05, 4.69) is 39.8 Å². The molecule has 4 saturated heterocycles. The number of allylic oxidation sites excluding steroid dienone is 3. The molecule has 0 aromatic heterocycles. The Morgan fingerprint density at radius 2 is 1.58 bits per heavy atom. The minimum absolute atomic E-state index is 0.0120. The minimum atomic E-state index is -2.95. The van der Waals surface area contributed by atoms with Gasteiger partial charge in [0.15, 0.2) is 41.8 Å². The van der Waals surface area contributed by atoms with Gasteiger partial charge in [-0.3, -0.25) is 19.7 Å². The Morgan fingerprint density at radius 3 is 2.22 bits per heavy atom. The number of methoxy groups -OCH3 is 5. The second-order valence-corrected chi connectivity index (χ2v) is 26.9. The Morgan fingerprint density at radius 1 is 0.871 bits per heavy atom. The maximum Gasteiger partial charge on any atom is 0.411 e. The number of ketones is 1. The molecule has 6 aliphatic rings. The number of thioether (sulfide) groups is 1. The second kappa shape index (κ2) is 31.2. The lowest BCUT2D eigenvalue weighted by molar-refractivity contribution is -0.360. The summed E-state index contributed by atoms with van der Waals surface area (Å²) in [7, 11) is 10.9. The number of hydroxylamine groups is 1. The van der Waals surface area contributed by atoms with Crippen LogP contribution >= 0.6 is 65.8 Å². The van der Waals surface area contributed by atoms with Gasteiger partial charge >= 0.3 is 6.09 Å². The predicted octanol–water partition coefficient (Wildman–Crippen LogP) is 2.52. The smallest absolute Gasteiger partial charge is 0.411 e. The van der Waals surface area contributed by atoms with Crippen molar-refractivity contribution in [2.75, 3.05) is 60.7 Å². The summed E-state index contributed by atoms with van der Waals surface area (Å²) >= 11 is 2.79. The largest absolute Gasteiger partial charge is 0.492 e. The summed E-state index contributed by atoms with van der Waals surface area (Å²) in [5.41, 5.74) is 0.0437. The number of carbonyl (C=O) groups is 3. The molecule has 19 atom stereocenters. The molecule has 30 heteroatoms. The van der Waals surface area contributed by atoms with E-state index in [4.69, 9.17) is 61.7 Å². The lowest BCUT2D eigenvalue weighted by Gasteiger charge is -2.47. The van der Waals surface area contributed by atoms with Gasteiger partial charge in [0.2, 0.25) is 17.2 Å². The molecule has 85 heavy (non-hydrogen) atoms. The third-order valence-corrected chi connectivity index (χ3v) is 21.3. The van der Waals surface area contributed by atoms with Crippen LogP contribution in [0.2, 0.25) is 0 Å². The molecule has 0 saturated carbocycles. The molecule has 9 N–H and O–H groups in total. The van der Waals surface area contributed by atoms with Crippen LogP contribution in [0.4, 0.5) is 4.79 Å². The van der Waals surface area contributed by atoms with Crippen molar-refractivity contribution in [2.45, 2.75) is 169 Å². The SMILES string of the molecule is CCNC1COC(OC2C(O[C@@]3(O)C#C/C=C\C#C[C@]4(O)CC(=O)C(NC(=O)OC)=C3/C4=C\CSSSC)OC(C)C(NOC3CC(O)C(SC(=O)c4c(C)c(I)c(OC5OC(C)C(O)C(OC)C5O)c(OC)c4OC)C(C)O3)C2O)CC1OC. The van der Waals surface area contributed by atoms with Crippen LogP contribution in [0.1, 0.15) is 62.9 Å². The molecule has 25 nitrogen and oxygen atoms in total. The summed E-state index contributed by atoms with van der Waals surface area (Å²) in [5, 5.41) is 75.5. The van der Waals surface area contributed by atoms with Gasteiger partial charge in [-0.05, 0) is 96.5 Å². The number of likely N-dealkylation sites (N-methyl/N-ethyl adjacent to an activating group) is 1. The zero-order valence-corrected chi connectivity index (χ0v) is 53.9. The fourth-order valence-electron chi connectivity index (χ4n) is 10.5. The highest BCUT2D eigenvalue weighted by atomic mass is 127. The van der Waals surface area contributed by atoms with Crippen LogP contribution in [-0.4, -0.2) is 223 Å². The number of hydrogen-bond acceptors (Lipinski definition) is 28. The Kier molecular flexibility index (Phi) is 25.5. The zero-order chi connectivity index (χ0) is 62.1. The van der Waals surface area contributed by atoms with E-state index >= 15 is 0 Å². The van der Waals surface area contributed by atoms with Crippen LogP contribution in [0.25, 0.3) is 0 Å². The molecule has 0 spiro atoms. The molecule has 472 valence electrons. The summed E-state index contributed by atoms with van der Waals surface area (Å²) in [6.45, 7) is 9.18. The molecule has 2 aliphatic carbocycles. The first-order valence-electron chi connectivity index (χ1n) is 27.0. The normalized spacial score (nSPS) is 36.5. The first-order chi connectivity index (χ1) is 40.5. The third-order valence-electron chi connectivity index (χ3n) is 14.8. The van der Waals surface area contributed by atoms with E-state index in [0.29, 0.717) is 15.7 Å². The van der Waals surface area contributed by atoms with Gasteiger partial charge in [-0.2, -0.15) is 5.48 Å². The molecule has 0 radical (unpaired) electrons. The fraction of sp³-hybridized carbons (Fsp3) is 0.655. The van der Waals surface area contributed by atoms with Crippen molar-refractivity contribution >= 4 is 82.8 Å². The van der Waals surface area contributed by atoms with Crippen molar-refractivity contribution in [3.05, 3.63) is 49.8 Å². The topological polar surface area (TPSA) is 329 Å². The van der Waals surface area contributed by atoms with Crippen molar-refractivity contribution < 1.29 is 107 Å². The van der Waals surface area contributed by atoms with Crippen LogP contribution in [0.3, 0.4) is 0 Å². The number of carbonyl (C=O) groups excluding carboxylic acids is 3. The number of fused-ring (bicyclic) bond motifs is 2. The maximum absolute atomic E-state index is 14.4. The van der Waals surface area contributed by atoms with Gasteiger partial charge in [0, 0.05) is 38.4 Å². The highest BCUT2D eigenvalue weighted by molar-refractivity contribution is 14.1. The number of alkyl carbamates (subject to hydrolysis) is 1. The lowest BCUT2D eigenvalue weighted by atomic mass is 9.74. The fourth-order valence-corrected chi connectivity index (χ4v) is 14.7. The number of amides is 1. The Labute approximate surface area is 522 Å². The first-order valence-corrected chi connectivity index (χ1v) is 33.0. The van der Waals surface area contributed by atoms with Gasteiger partial charge < -0.3 is 92.8 Å². The van der Waals surface area contributed by atoms with E-state index in [1.54, 1.807) is 40.9 Å². The van der Waals surface area contributed by atoms with E-state index in [1.165, 1.54) is 64.9 Å². The van der Waals surface area contributed by atoms with Crippen LogP contribution in [0.15, 0.2) is 35.1 Å². The van der Waals surface area contributed by atoms with Crippen molar-refractivity contribution in [3.63, 3.8) is 0 Å². The monoisotopic (exact) mass is 1380 g/mol. The number of ether oxygens (including phenoxy) is 12. The molecule has 4 heterocycles. The molecule has 1 aromatic rings. The zero-order valence-electron chi connectivity index (χ0n) is 48.5. The highest BCUT2D eigenvalue weighted by Gasteiger charge is 2.56. The molecule has 1 aromatic carbocycles. The van der Waals surface area contributed by atoms with Gasteiger partial charge in [0.05, 0.1) is 103 Å². The van der Waals surface area contributed by atoms with E-state index in [0.717, 1.165) is 18.9 Å². The molecule has 4 aliphatic heterocycles. The maximum atomic E-state index is 14.4. The van der Waals surface area contributed by atoms with Crippen LogP contribution < -0.4 is 30.3 Å². The van der Waals surface area contributed by atoms with Crippen LogP contribution in [0, 0.1) is 34.2 Å². The molecular formula is C55H74IN3O22S4. The van der Waals surface area contributed by atoms with Gasteiger partial charge in [-0.15, -0.1) is 0 Å². The van der Waals surface area contributed by atoms with Crippen LogP contribution in [0.5, 0.6) is 17.2 Å². The number of aliphatic hydroxyl groups excluding tert-OH is 4. The highest BCUT2D eigenvalue weighted by Crippen LogP contribution is 2.49. The first kappa shape index (κ1) is 69.5. The average Bonchev–Trinajstić information content (AvgIpc) is 1.61. The molecule has 17 unspecified atom stereocenters. The summed E-state index contributed by atoms with van der Waals surface area (Å²) in [6.07, 6.45) is -12.2. The predicted molar refractivity (Wildman–Crippen MR) is 321 cm³/mol. The standard InChI is InChI=1S/C55H74IN3O22S4/c1-12-57-30-24-74-34(22-33(30)69-6)78-47-42(63)39(26(3)76-52(47)80-55(68)19-16-14-13-15-18-54(67)23-32(61)40(58-53(66)73-10)37(55)29(54)17-20-83-85-82-11)59-81-35-21-31(60)49(28(5)75-35)84-50(65)36-25(2)38(56)45(48(72-9)44(36)70-7)79-51-43(64)46(71-8)41(62)27(4)77-51/h13-14,17,26-28,30-31,33-35,39,41-43,46-47,49,51-52,57,59-60,62-64,67-68H,12,20-24H2,1-11H3,(H,58,66)/b14-13-,29-17+/t26?,27?,28?,30?,31?,33?,34?,35?,39?,41?,42?,43?,46?,47?,49?,51?,52?,54-,55-/m0/s1. The minimum Gasteiger partial charge on any atom is -0.492 e. The van der Waals surface area contributed by atoms with Gasteiger partial charge in [0.25, 0.3) is 5.79 Å². The molecular weight excluding hydrogens is 1310 g/mol. The number of aliphatic hydroxyl groups is 6. The Hall–Kier alpha value is -2.98. The number of halogens is 1.